The van der Waals surface area contributed by atoms with Crippen LogP contribution in [0.5, 0.6) is 0 Å². The van der Waals surface area contributed by atoms with Crippen molar-refractivity contribution in [3.8, 4) is 0 Å². The third-order valence-corrected chi connectivity index (χ3v) is 3.57. The normalized spacial score (nSPS) is 25.9. The lowest BCUT2D eigenvalue weighted by atomic mass is 9.97. The van der Waals surface area contributed by atoms with Crippen molar-refractivity contribution >= 4 is 5.91 Å². The topological polar surface area (TPSA) is 55.6 Å². The molecular formula is C13H22N2O2. The lowest BCUT2D eigenvalue weighted by Crippen LogP contribution is -2.49. The number of nitrogens with zero attached hydrogens (tertiary/aromatic N) is 1. The van der Waals surface area contributed by atoms with Crippen LogP contribution < -0.4 is 5.73 Å². The minimum Gasteiger partial charge on any atom is -0.365 e. The van der Waals surface area contributed by atoms with Crippen molar-refractivity contribution < 1.29 is 9.53 Å². The number of carbonyl (C=O) groups excluding carboxylic acids is 1. The number of nitrogens with two attached hydrogens (primary N) is 1. The zero-order valence-electron chi connectivity index (χ0n) is 10.4. The average molecular weight is 238 g/mol. The van der Waals surface area contributed by atoms with Crippen LogP contribution in [0.15, 0.2) is 11.6 Å². The molecule has 2 aliphatic rings. The molecule has 0 bridgehead atoms. The monoisotopic (exact) mass is 238 g/mol. The Morgan fingerprint density at radius 1 is 1.47 bits per heavy atom. The highest BCUT2D eigenvalue weighted by molar-refractivity contribution is 5.78. The molecule has 1 aliphatic carbocycles. The molecule has 1 saturated heterocycles. The fraction of sp³-hybridized carbons (Fsp3) is 0.769. The number of amides is 1. The SMILES string of the molecule is NCC1CN(CCC2=CCCCC2)C(=O)CO1. The van der Waals surface area contributed by atoms with E-state index in [9.17, 15) is 4.79 Å². The zero-order valence-corrected chi connectivity index (χ0v) is 10.4. The smallest absolute Gasteiger partial charge is 0.248 e. The second kappa shape index (κ2) is 6.17. The summed E-state index contributed by atoms with van der Waals surface area (Å²) >= 11 is 0. The van der Waals surface area contributed by atoms with Crippen molar-refractivity contribution in [2.75, 3.05) is 26.2 Å². The van der Waals surface area contributed by atoms with E-state index in [1.165, 1.54) is 31.3 Å². The van der Waals surface area contributed by atoms with Gasteiger partial charge in [-0.2, -0.15) is 0 Å². The van der Waals surface area contributed by atoms with Gasteiger partial charge in [0.05, 0.1) is 6.10 Å². The highest BCUT2D eigenvalue weighted by Gasteiger charge is 2.25. The standard InChI is InChI=1S/C13H22N2O2/c14-8-12-9-15(13(16)10-17-12)7-6-11-4-2-1-3-5-11/h4,12H,1-3,5-10,14H2. The van der Waals surface area contributed by atoms with E-state index in [-0.39, 0.29) is 18.6 Å². The maximum absolute atomic E-state index is 11.7. The van der Waals surface area contributed by atoms with Gasteiger partial charge in [-0.1, -0.05) is 11.6 Å². The lowest BCUT2D eigenvalue weighted by Gasteiger charge is -2.32. The predicted octanol–water partition coefficient (Wildman–Crippen LogP) is 1.06. The molecule has 0 aromatic carbocycles. The van der Waals surface area contributed by atoms with Gasteiger partial charge < -0.3 is 15.4 Å². The van der Waals surface area contributed by atoms with Gasteiger partial charge in [0.15, 0.2) is 0 Å². The Bertz CT molecular complexity index is 302. The molecule has 1 unspecified atom stereocenters. The van der Waals surface area contributed by atoms with Crippen molar-refractivity contribution in [2.24, 2.45) is 5.73 Å². The minimum absolute atomic E-state index is 0.0213. The molecule has 0 spiro atoms. The summed E-state index contributed by atoms with van der Waals surface area (Å²) < 4.78 is 5.33. The van der Waals surface area contributed by atoms with Crippen LogP contribution in [0.4, 0.5) is 0 Å². The number of hydrogen-bond acceptors (Lipinski definition) is 3. The van der Waals surface area contributed by atoms with Crippen molar-refractivity contribution in [1.82, 2.24) is 4.90 Å². The van der Waals surface area contributed by atoms with Gasteiger partial charge in [0.1, 0.15) is 6.61 Å². The summed E-state index contributed by atoms with van der Waals surface area (Å²) in [6, 6.07) is 0. The second-order valence-corrected chi connectivity index (χ2v) is 4.87. The van der Waals surface area contributed by atoms with Gasteiger partial charge in [-0.3, -0.25) is 4.79 Å². The molecule has 0 aromatic rings. The van der Waals surface area contributed by atoms with Gasteiger partial charge >= 0.3 is 0 Å². The van der Waals surface area contributed by atoms with Crippen molar-refractivity contribution in [3.05, 3.63) is 11.6 Å². The Hall–Kier alpha value is -0.870. The lowest BCUT2D eigenvalue weighted by molar-refractivity contribution is -0.148. The largest absolute Gasteiger partial charge is 0.365 e. The molecule has 0 radical (unpaired) electrons. The van der Waals surface area contributed by atoms with Gasteiger partial charge in [-0.15, -0.1) is 0 Å². The van der Waals surface area contributed by atoms with Crippen molar-refractivity contribution in [1.29, 1.82) is 0 Å². The molecule has 0 aromatic heterocycles. The van der Waals surface area contributed by atoms with Crippen LogP contribution >= 0.6 is 0 Å². The highest BCUT2D eigenvalue weighted by atomic mass is 16.5. The van der Waals surface area contributed by atoms with Gasteiger partial charge in [0.25, 0.3) is 0 Å². The summed E-state index contributed by atoms with van der Waals surface area (Å²) in [5.41, 5.74) is 7.09. The zero-order chi connectivity index (χ0) is 12.1. The van der Waals surface area contributed by atoms with Crippen LogP contribution in [-0.4, -0.2) is 43.2 Å². The minimum atomic E-state index is 0.0213. The molecule has 4 heteroatoms. The number of ether oxygens (including phenoxy) is 1. The first kappa shape index (κ1) is 12.6. The van der Waals surface area contributed by atoms with Crippen molar-refractivity contribution in [2.45, 2.75) is 38.2 Å². The summed E-state index contributed by atoms with van der Waals surface area (Å²) in [5, 5.41) is 0. The van der Waals surface area contributed by atoms with Gasteiger partial charge in [0, 0.05) is 19.6 Å². The van der Waals surface area contributed by atoms with E-state index in [1.54, 1.807) is 0 Å². The molecule has 1 heterocycles. The third kappa shape index (κ3) is 3.54. The Labute approximate surface area is 103 Å². The van der Waals surface area contributed by atoms with Crippen LogP contribution in [0.3, 0.4) is 0 Å². The number of rotatable bonds is 4. The van der Waals surface area contributed by atoms with E-state index >= 15 is 0 Å². The predicted molar refractivity (Wildman–Crippen MR) is 66.5 cm³/mol. The maximum atomic E-state index is 11.7. The molecule has 0 saturated carbocycles. The molecule has 17 heavy (non-hydrogen) atoms. The number of morpholine rings is 1. The molecule has 1 atom stereocenters. The molecule has 96 valence electrons. The molecule has 2 N–H and O–H groups in total. The number of allylic oxidation sites excluding steroid dienone is 1. The van der Waals surface area contributed by atoms with Crippen LogP contribution in [0.25, 0.3) is 0 Å². The summed E-state index contributed by atoms with van der Waals surface area (Å²) in [6.07, 6.45) is 8.41. The van der Waals surface area contributed by atoms with Gasteiger partial charge in [0.2, 0.25) is 5.91 Å². The van der Waals surface area contributed by atoms with Crippen LogP contribution in [0, 0.1) is 0 Å². The van der Waals surface area contributed by atoms with E-state index in [4.69, 9.17) is 10.5 Å². The summed E-state index contributed by atoms with van der Waals surface area (Å²) in [7, 11) is 0. The Balaban J connectivity index is 1.80. The van der Waals surface area contributed by atoms with E-state index < -0.39 is 0 Å². The molecule has 1 fully saturated rings. The molecule has 2 rings (SSSR count). The maximum Gasteiger partial charge on any atom is 0.248 e. The van der Waals surface area contributed by atoms with E-state index in [1.807, 2.05) is 4.90 Å². The number of hydrogen-bond donors (Lipinski definition) is 1. The van der Waals surface area contributed by atoms with Gasteiger partial charge in [-0.05, 0) is 32.1 Å². The first-order chi connectivity index (χ1) is 8.29. The van der Waals surface area contributed by atoms with Crippen LogP contribution in [0.2, 0.25) is 0 Å². The second-order valence-electron chi connectivity index (χ2n) is 4.87. The van der Waals surface area contributed by atoms with E-state index in [0.717, 1.165) is 13.0 Å². The molecule has 1 aliphatic heterocycles. The Morgan fingerprint density at radius 2 is 2.35 bits per heavy atom. The average Bonchev–Trinajstić information content (AvgIpc) is 2.39. The first-order valence-corrected chi connectivity index (χ1v) is 6.57. The quantitative estimate of drug-likeness (QED) is 0.745. The number of carbonyl (C=O) groups is 1. The molecule has 4 nitrogen and oxygen atoms in total. The fourth-order valence-corrected chi connectivity index (χ4v) is 2.45. The summed E-state index contributed by atoms with van der Waals surface area (Å²) in [5.74, 6) is 0.103. The highest BCUT2D eigenvalue weighted by Crippen LogP contribution is 2.20. The molecule has 1 amide bonds. The molecular weight excluding hydrogens is 216 g/mol. The third-order valence-electron chi connectivity index (χ3n) is 3.57. The van der Waals surface area contributed by atoms with Crippen LogP contribution in [0.1, 0.15) is 32.1 Å². The Kier molecular flexibility index (Phi) is 4.57. The summed E-state index contributed by atoms with van der Waals surface area (Å²) in [4.78, 5) is 13.6. The van der Waals surface area contributed by atoms with Crippen molar-refractivity contribution in [3.63, 3.8) is 0 Å². The van der Waals surface area contributed by atoms with E-state index in [0.29, 0.717) is 13.1 Å². The van der Waals surface area contributed by atoms with E-state index in [2.05, 4.69) is 6.08 Å². The fourth-order valence-electron chi connectivity index (χ4n) is 2.45. The Morgan fingerprint density at radius 3 is 3.06 bits per heavy atom. The summed E-state index contributed by atoms with van der Waals surface area (Å²) in [6.45, 7) is 2.17. The van der Waals surface area contributed by atoms with Crippen LogP contribution in [-0.2, 0) is 9.53 Å². The first-order valence-electron chi connectivity index (χ1n) is 6.57. The van der Waals surface area contributed by atoms with Gasteiger partial charge in [-0.25, -0.2) is 0 Å².